The van der Waals surface area contributed by atoms with Crippen LogP contribution in [0.2, 0.25) is 0 Å². The van der Waals surface area contributed by atoms with E-state index in [2.05, 4.69) is 25.6 Å². The molecule has 146 valence electrons. The van der Waals surface area contributed by atoms with Gasteiger partial charge in [-0.1, -0.05) is 23.9 Å². The Morgan fingerprint density at radius 3 is 2.55 bits per heavy atom. The molecule has 1 amide bonds. The van der Waals surface area contributed by atoms with Gasteiger partial charge in [0.2, 0.25) is 0 Å². The van der Waals surface area contributed by atoms with Crippen LogP contribution in [-0.2, 0) is 12.3 Å². The highest BCUT2D eigenvalue weighted by molar-refractivity contribution is 8.00. The van der Waals surface area contributed by atoms with Gasteiger partial charge in [-0.2, -0.15) is 0 Å². The molecule has 0 aliphatic heterocycles. The number of thioether (sulfide) groups is 1. The van der Waals surface area contributed by atoms with E-state index in [0.29, 0.717) is 12.1 Å². The molecule has 29 heavy (non-hydrogen) atoms. The molecule has 0 aliphatic carbocycles. The van der Waals surface area contributed by atoms with E-state index in [-0.39, 0.29) is 5.91 Å². The zero-order valence-electron chi connectivity index (χ0n) is 15.7. The molecule has 4 rings (SSSR count). The number of carbonyl (C=O) groups excluding carboxylic acids is 1. The van der Waals surface area contributed by atoms with Gasteiger partial charge in [0, 0.05) is 45.7 Å². The van der Waals surface area contributed by atoms with Crippen molar-refractivity contribution >= 4 is 40.3 Å². The lowest BCUT2D eigenvalue weighted by molar-refractivity contribution is 0.0951. The number of pyridine rings is 1. The fourth-order valence-electron chi connectivity index (χ4n) is 2.60. The molecular weight excluding hydrogens is 420 g/mol. The highest BCUT2D eigenvalue weighted by atomic mass is 32.2. The molecule has 0 unspecified atom stereocenters. The van der Waals surface area contributed by atoms with Crippen LogP contribution in [0.15, 0.2) is 63.9 Å². The molecule has 5 nitrogen and oxygen atoms in total. The zero-order chi connectivity index (χ0) is 20.1. The van der Waals surface area contributed by atoms with Crippen LogP contribution < -0.4 is 5.32 Å². The summed E-state index contributed by atoms with van der Waals surface area (Å²) < 4.78 is 1.07. The van der Waals surface area contributed by atoms with Gasteiger partial charge < -0.3 is 5.32 Å². The van der Waals surface area contributed by atoms with Crippen molar-refractivity contribution < 1.29 is 4.79 Å². The van der Waals surface area contributed by atoms with Crippen LogP contribution in [0.3, 0.4) is 0 Å². The topological polar surface area (TPSA) is 67.8 Å². The first-order valence-electron chi connectivity index (χ1n) is 8.94. The van der Waals surface area contributed by atoms with Crippen molar-refractivity contribution in [3.63, 3.8) is 0 Å². The molecule has 1 aromatic carbocycles. The molecule has 0 bridgehead atoms. The van der Waals surface area contributed by atoms with Gasteiger partial charge in [-0.15, -0.1) is 22.7 Å². The van der Waals surface area contributed by atoms with Crippen LogP contribution in [0.4, 0.5) is 0 Å². The van der Waals surface area contributed by atoms with Gasteiger partial charge in [0.1, 0.15) is 9.35 Å². The Labute approximate surface area is 181 Å². The third kappa shape index (κ3) is 5.29. The smallest absolute Gasteiger partial charge is 0.251 e. The zero-order valence-corrected chi connectivity index (χ0v) is 18.1. The molecule has 3 heterocycles. The third-order valence-electron chi connectivity index (χ3n) is 4.10. The van der Waals surface area contributed by atoms with Crippen molar-refractivity contribution in [2.45, 2.75) is 23.6 Å². The van der Waals surface area contributed by atoms with Crippen molar-refractivity contribution in [3.05, 3.63) is 81.4 Å². The average Bonchev–Trinajstić information content (AvgIpc) is 3.40. The summed E-state index contributed by atoms with van der Waals surface area (Å²) >= 11 is 4.91. The first kappa shape index (κ1) is 19.8. The number of hydrogen-bond donors (Lipinski definition) is 1. The number of nitrogens with one attached hydrogen (secondary N) is 1. The number of carbonyl (C=O) groups is 1. The van der Waals surface area contributed by atoms with Gasteiger partial charge in [-0.05, 0) is 36.8 Å². The summed E-state index contributed by atoms with van der Waals surface area (Å²) in [4.78, 5) is 25.5. The van der Waals surface area contributed by atoms with Crippen molar-refractivity contribution in [1.82, 2.24) is 20.3 Å². The Bertz CT molecular complexity index is 1090. The van der Waals surface area contributed by atoms with E-state index >= 15 is 0 Å². The number of nitrogens with zero attached hydrogens (tertiary/aromatic N) is 3. The van der Waals surface area contributed by atoms with Crippen LogP contribution in [-0.4, -0.2) is 20.9 Å². The van der Waals surface area contributed by atoms with Crippen LogP contribution in [0.1, 0.15) is 26.6 Å². The number of rotatable bonds is 7. The number of benzene rings is 1. The molecule has 8 heteroatoms. The van der Waals surface area contributed by atoms with Crippen molar-refractivity contribution in [2.75, 3.05) is 0 Å². The van der Waals surface area contributed by atoms with E-state index in [0.717, 1.165) is 32.1 Å². The number of hydrogen-bond acceptors (Lipinski definition) is 7. The van der Waals surface area contributed by atoms with Gasteiger partial charge in [0.25, 0.3) is 5.91 Å². The molecule has 0 fully saturated rings. The van der Waals surface area contributed by atoms with Crippen molar-refractivity contribution in [1.29, 1.82) is 0 Å². The maximum absolute atomic E-state index is 12.4. The Morgan fingerprint density at radius 1 is 1.03 bits per heavy atom. The predicted octanol–water partition coefficient (Wildman–Crippen LogP) is 5.19. The summed E-state index contributed by atoms with van der Waals surface area (Å²) in [7, 11) is 0. The summed E-state index contributed by atoms with van der Waals surface area (Å²) in [5.41, 5.74) is 4.79. The van der Waals surface area contributed by atoms with Crippen LogP contribution in [0, 0.1) is 6.92 Å². The lowest BCUT2D eigenvalue weighted by Gasteiger charge is -2.05. The van der Waals surface area contributed by atoms with Crippen LogP contribution >= 0.6 is 34.4 Å². The molecule has 0 spiro atoms. The number of aryl methyl sites for hydroxylation is 1. The van der Waals surface area contributed by atoms with Gasteiger partial charge in [0.05, 0.1) is 12.2 Å². The van der Waals surface area contributed by atoms with E-state index in [9.17, 15) is 4.79 Å². The van der Waals surface area contributed by atoms with Crippen molar-refractivity contribution in [3.8, 4) is 11.3 Å². The fourth-order valence-corrected chi connectivity index (χ4v) is 5.15. The Morgan fingerprint density at radius 2 is 1.83 bits per heavy atom. The second-order valence-corrected chi connectivity index (χ2v) is 9.31. The SMILES string of the molecule is Cc1csc(SCc2ccc(C(=O)NCc3nc(-c4ccncc4)cs3)cc2)n1. The van der Waals surface area contributed by atoms with Gasteiger partial charge >= 0.3 is 0 Å². The highest BCUT2D eigenvalue weighted by Gasteiger charge is 2.09. The summed E-state index contributed by atoms with van der Waals surface area (Å²) in [5.74, 6) is 0.742. The Balaban J connectivity index is 1.30. The minimum atomic E-state index is -0.0968. The second-order valence-electron chi connectivity index (χ2n) is 6.29. The van der Waals surface area contributed by atoms with Crippen LogP contribution in [0.5, 0.6) is 0 Å². The normalized spacial score (nSPS) is 10.8. The maximum Gasteiger partial charge on any atom is 0.251 e. The molecule has 0 atom stereocenters. The standard InChI is InChI=1S/C21H18N4OS3/c1-14-11-28-21(24-14)29-12-15-2-4-17(5-3-15)20(26)23-10-19-25-18(13-27-19)16-6-8-22-9-7-16/h2-9,11,13H,10,12H2,1H3,(H,23,26). The molecule has 4 aromatic rings. The van der Waals surface area contributed by atoms with E-state index < -0.39 is 0 Å². The molecule has 0 saturated carbocycles. The predicted molar refractivity (Wildman–Crippen MR) is 119 cm³/mol. The maximum atomic E-state index is 12.4. The molecule has 0 saturated heterocycles. The lowest BCUT2D eigenvalue weighted by Crippen LogP contribution is -2.22. The van der Waals surface area contributed by atoms with Gasteiger partial charge in [-0.3, -0.25) is 9.78 Å². The molecule has 1 N–H and O–H groups in total. The number of aromatic nitrogens is 3. The molecule has 3 aromatic heterocycles. The minimum absolute atomic E-state index is 0.0968. The van der Waals surface area contributed by atoms with E-state index in [1.54, 1.807) is 35.5 Å². The second kappa shape index (κ2) is 9.30. The Kier molecular flexibility index (Phi) is 6.33. The summed E-state index contributed by atoms with van der Waals surface area (Å²) in [6, 6.07) is 11.6. The summed E-state index contributed by atoms with van der Waals surface area (Å²) in [6.07, 6.45) is 3.49. The molecule has 0 radical (unpaired) electrons. The lowest BCUT2D eigenvalue weighted by atomic mass is 10.1. The van der Waals surface area contributed by atoms with Gasteiger partial charge in [-0.25, -0.2) is 9.97 Å². The van der Waals surface area contributed by atoms with Crippen molar-refractivity contribution in [2.24, 2.45) is 0 Å². The Hall–Kier alpha value is -2.55. The van der Waals surface area contributed by atoms with E-state index in [1.165, 1.54) is 16.9 Å². The third-order valence-corrected chi connectivity index (χ3v) is 7.16. The monoisotopic (exact) mass is 438 g/mol. The quantitative estimate of drug-likeness (QED) is 0.402. The molecule has 0 aliphatic rings. The fraction of sp³-hybridized carbons (Fsp3) is 0.143. The molecular formula is C21H18N4OS3. The first-order valence-corrected chi connectivity index (χ1v) is 11.7. The first-order chi connectivity index (χ1) is 14.2. The summed E-state index contributed by atoms with van der Waals surface area (Å²) in [5, 5.41) is 7.86. The summed E-state index contributed by atoms with van der Waals surface area (Å²) in [6.45, 7) is 2.41. The largest absolute Gasteiger partial charge is 0.346 e. The van der Waals surface area contributed by atoms with E-state index in [1.807, 2.05) is 48.7 Å². The minimum Gasteiger partial charge on any atom is -0.346 e. The number of amides is 1. The number of thiazole rings is 2. The van der Waals surface area contributed by atoms with E-state index in [4.69, 9.17) is 0 Å². The highest BCUT2D eigenvalue weighted by Crippen LogP contribution is 2.26. The average molecular weight is 439 g/mol. The van der Waals surface area contributed by atoms with Crippen LogP contribution in [0.25, 0.3) is 11.3 Å². The van der Waals surface area contributed by atoms with Gasteiger partial charge in [0.15, 0.2) is 0 Å².